The Morgan fingerprint density at radius 2 is 1.61 bits per heavy atom. The summed E-state index contributed by atoms with van der Waals surface area (Å²) in [5.41, 5.74) is 0.508. The molecular weight excluding hydrogens is 284 g/mol. The molecule has 0 spiro atoms. The molecule has 2 rings (SSSR count). The molecule has 2 atom stereocenters. The molecule has 2 unspecified atom stereocenters. The first kappa shape index (κ1) is 16.8. The predicted molar refractivity (Wildman–Crippen MR) is 96.3 cm³/mol. The van der Waals surface area contributed by atoms with Gasteiger partial charge < -0.3 is 8.46 Å². The second kappa shape index (κ2) is 7.54. The third-order valence-corrected chi connectivity index (χ3v) is 20.2. The summed E-state index contributed by atoms with van der Waals surface area (Å²) < 4.78 is 5.58. The van der Waals surface area contributed by atoms with Gasteiger partial charge in [-0.1, -0.05) is 31.6 Å². The van der Waals surface area contributed by atoms with Crippen LogP contribution in [-0.4, -0.2) is 58.3 Å². The average Bonchev–Trinajstić information content (AvgIpc) is 2.69. The van der Waals surface area contributed by atoms with Gasteiger partial charge in [0.15, 0.2) is 0 Å². The van der Waals surface area contributed by atoms with Crippen molar-refractivity contribution in [3.63, 3.8) is 0 Å². The van der Waals surface area contributed by atoms with Gasteiger partial charge in [-0.15, -0.1) is 0 Å². The SMILES string of the molecule is CN1[SiH2]CCC[SiH]1C.C[SiH]1CC[SiH2]N1C(C)(C)C. The Morgan fingerprint density at radius 3 is 1.89 bits per heavy atom. The Kier molecular flexibility index (Phi) is 7.05. The summed E-state index contributed by atoms with van der Waals surface area (Å²) in [6.07, 6.45) is 1.56. The van der Waals surface area contributed by atoms with Crippen LogP contribution in [0.1, 0.15) is 27.2 Å². The number of nitrogens with zero attached hydrogens (tertiary/aromatic N) is 2. The fraction of sp³-hybridized carbons (Fsp3) is 1.00. The van der Waals surface area contributed by atoms with E-state index in [0.717, 1.165) is 0 Å². The highest BCUT2D eigenvalue weighted by Crippen LogP contribution is 2.22. The minimum atomic E-state index is -0.394. The lowest BCUT2D eigenvalue weighted by Gasteiger charge is -2.35. The largest absolute Gasteiger partial charge is 0.355 e. The Bertz CT molecular complexity index is 235. The molecule has 0 aromatic rings. The van der Waals surface area contributed by atoms with Crippen molar-refractivity contribution in [1.82, 2.24) is 8.46 Å². The van der Waals surface area contributed by atoms with Crippen LogP contribution >= 0.6 is 0 Å². The van der Waals surface area contributed by atoms with E-state index in [1.165, 1.54) is 0 Å². The molecule has 0 amide bonds. The van der Waals surface area contributed by atoms with Gasteiger partial charge in [-0.3, -0.25) is 0 Å². The topological polar surface area (TPSA) is 6.48 Å². The van der Waals surface area contributed by atoms with Crippen molar-refractivity contribution in [3.05, 3.63) is 0 Å². The summed E-state index contributed by atoms with van der Waals surface area (Å²) in [6, 6.07) is 6.32. The molecule has 18 heavy (non-hydrogen) atoms. The highest BCUT2D eigenvalue weighted by atomic mass is 28.3. The molecule has 6 heteroatoms. The van der Waals surface area contributed by atoms with Gasteiger partial charge in [0.2, 0.25) is 0 Å². The summed E-state index contributed by atoms with van der Waals surface area (Å²) in [7, 11) is 2.13. The second-order valence-corrected chi connectivity index (χ2v) is 18.7. The molecule has 2 aliphatic heterocycles. The van der Waals surface area contributed by atoms with Gasteiger partial charge in [0.1, 0.15) is 17.9 Å². The molecule has 0 N–H and O–H groups in total. The van der Waals surface area contributed by atoms with Crippen molar-refractivity contribution < 1.29 is 0 Å². The molecule has 0 radical (unpaired) electrons. The van der Waals surface area contributed by atoms with E-state index in [-0.39, 0.29) is 28.3 Å². The monoisotopic (exact) mass is 318 g/mol. The van der Waals surface area contributed by atoms with E-state index < -0.39 is 8.96 Å². The van der Waals surface area contributed by atoms with Crippen LogP contribution in [0.2, 0.25) is 37.3 Å². The predicted octanol–water partition coefficient (Wildman–Crippen LogP) is 1.13. The maximum Gasteiger partial charge on any atom is 0.101 e. The number of hydrogen-bond donors (Lipinski definition) is 0. The Morgan fingerprint density at radius 1 is 0.944 bits per heavy atom. The van der Waals surface area contributed by atoms with Crippen molar-refractivity contribution >= 4 is 37.3 Å². The minimum Gasteiger partial charge on any atom is -0.355 e. The standard InChI is InChI=1S/C7H19NSi2.C5H15NSi2/c1-7(2,3)8-9-5-6-10(8)4;1-6-7-4-3-5-8(6)2/h10H,5-6,9H2,1-4H3;8H,3-5,7H2,1-2H3. The summed E-state index contributed by atoms with van der Waals surface area (Å²) in [4.78, 5) is 0. The van der Waals surface area contributed by atoms with Gasteiger partial charge in [-0.05, 0) is 45.4 Å². The van der Waals surface area contributed by atoms with Crippen molar-refractivity contribution in [3.8, 4) is 0 Å². The lowest BCUT2D eigenvalue weighted by molar-refractivity contribution is 0.375. The van der Waals surface area contributed by atoms with E-state index in [9.17, 15) is 0 Å². The van der Waals surface area contributed by atoms with Crippen LogP contribution in [0.3, 0.4) is 0 Å². The van der Waals surface area contributed by atoms with Crippen LogP contribution in [0, 0.1) is 0 Å². The van der Waals surface area contributed by atoms with Crippen LogP contribution in [0.4, 0.5) is 0 Å². The first-order chi connectivity index (χ1) is 8.32. The molecule has 2 nitrogen and oxygen atoms in total. The van der Waals surface area contributed by atoms with Crippen molar-refractivity contribution in [2.24, 2.45) is 0 Å². The fourth-order valence-corrected chi connectivity index (χ4v) is 17.5. The molecule has 0 saturated carbocycles. The highest BCUT2D eigenvalue weighted by Gasteiger charge is 2.30. The van der Waals surface area contributed by atoms with Crippen molar-refractivity contribution in [1.29, 1.82) is 0 Å². The molecule has 0 aliphatic carbocycles. The molecular formula is C12H34N2Si4. The third-order valence-electron chi connectivity index (χ3n) is 4.55. The first-order valence-electron chi connectivity index (χ1n) is 7.79. The highest BCUT2D eigenvalue weighted by molar-refractivity contribution is 6.68. The Hall–Kier alpha value is 0.788. The number of rotatable bonds is 0. The number of hydrogen-bond acceptors (Lipinski definition) is 2. The maximum atomic E-state index is 2.87. The molecule has 2 heterocycles. The van der Waals surface area contributed by atoms with Crippen LogP contribution in [0.5, 0.6) is 0 Å². The van der Waals surface area contributed by atoms with Crippen LogP contribution in [-0.2, 0) is 0 Å². The molecule has 0 bridgehead atoms. The molecule has 108 valence electrons. The zero-order valence-corrected chi connectivity index (χ0v) is 18.6. The first-order valence-corrected chi connectivity index (χ1v) is 16.0. The third kappa shape index (κ3) is 5.42. The smallest absolute Gasteiger partial charge is 0.101 e. The summed E-state index contributed by atoms with van der Waals surface area (Å²) in [5.74, 6) is 0. The van der Waals surface area contributed by atoms with E-state index in [0.29, 0.717) is 5.54 Å². The van der Waals surface area contributed by atoms with E-state index >= 15 is 0 Å². The van der Waals surface area contributed by atoms with Crippen molar-refractivity contribution in [2.45, 2.75) is 70.0 Å². The van der Waals surface area contributed by atoms with E-state index in [1.54, 1.807) is 30.6 Å². The second-order valence-electron chi connectivity index (χ2n) is 7.18. The quantitative estimate of drug-likeness (QED) is 0.618. The van der Waals surface area contributed by atoms with Crippen LogP contribution in [0.25, 0.3) is 0 Å². The van der Waals surface area contributed by atoms with Gasteiger partial charge in [-0.25, -0.2) is 0 Å². The van der Waals surface area contributed by atoms with E-state index in [2.05, 4.69) is 49.4 Å². The summed E-state index contributed by atoms with van der Waals surface area (Å²) in [5, 5.41) is 0. The average molecular weight is 319 g/mol. The lowest BCUT2D eigenvalue weighted by atomic mass is 10.1. The maximum absolute atomic E-state index is 2.87. The van der Waals surface area contributed by atoms with Gasteiger partial charge in [0.05, 0.1) is 19.4 Å². The molecule has 2 aliphatic rings. The molecule has 2 fully saturated rings. The molecule has 0 aromatic carbocycles. The summed E-state index contributed by atoms with van der Waals surface area (Å²) in [6.45, 7) is 12.1. The Balaban J connectivity index is 0.000000184. The van der Waals surface area contributed by atoms with Gasteiger partial charge >= 0.3 is 0 Å². The van der Waals surface area contributed by atoms with Gasteiger partial charge in [0.25, 0.3) is 0 Å². The zero-order chi connectivity index (χ0) is 13.8. The van der Waals surface area contributed by atoms with Crippen molar-refractivity contribution in [2.75, 3.05) is 7.05 Å². The molecule has 2 saturated heterocycles. The Labute approximate surface area is 123 Å². The minimum absolute atomic E-state index is 0.201. The van der Waals surface area contributed by atoms with Gasteiger partial charge in [0, 0.05) is 0 Å². The summed E-state index contributed by atoms with van der Waals surface area (Å²) >= 11 is 0. The van der Waals surface area contributed by atoms with Crippen LogP contribution < -0.4 is 0 Å². The normalized spacial score (nSPS) is 33.7. The van der Waals surface area contributed by atoms with E-state index in [4.69, 9.17) is 0 Å². The van der Waals surface area contributed by atoms with E-state index in [1.807, 2.05) is 0 Å². The fourth-order valence-electron chi connectivity index (χ4n) is 3.17. The zero-order valence-electron chi connectivity index (χ0n) is 13.5. The lowest BCUT2D eigenvalue weighted by Crippen LogP contribution is -2.47. The molecule has 0 aromatic heterocycles. The van der Waals surface area contributed by atoms with Crippen LogP contribution in [0.15, 0.2) is 0 Å². The van der Waals surface area contributed by atoms with Gasteiger partial charge in [-0.2, -0.15) is 0 Å².